The summed E-state index contributed by atoms with van der Waals surface area (Å²) in [7, 11) is 0. The zero-order chi connectivity index (χ0) is 16.1. The van der Waals surface area contributed by atoms with Crippen LogP contribution in [0.1, 0.15) is 25.8 Å². The molecule has 5 heteroatoms. The van der Waals surface area contributed by atoms with Crippen molar-refractivity contribution in [1.82, 2.24) is 9.80 Å². The SMILES string of the molecule is CC(=O)N1CCCN(C(=O)C=C(C)c2ccccc2Cl)CC1. The van der Waals surface area contributed by atoms with E-state index in [4.69, 9.17) is 11.6 Å². The molecule has 0 aromatic heterocycles. The third kappa shape index (κ3) is 4.10. The Kier molecular flexibility index (Phi) is 5.61. The fraction of sp³-hybridized carbons (Fsp3) is 0.412. The van der Waals surface area contributed by atoms with Crippen molar-refractivity contribution < 1.29 is 9.59 Å². The maximum atomic E-state index is 12.4. The summed E-state index contributed by atoms with van der Waals surface area (Å²) in [5, 5.41) is 0.641. The third-order valence-corrected chi connectivity index (χ3v) is 4.22. The Hall–Kier alpha value is -1.81. The fourth-order valence-electron chi connectivity index (χ4n) is 2.59. The lowest BCUT2D eigenvalue weighted by molar-refractivity contribution is -0.130. The number of hydrogen-bond donors (Lipinski definition) is 0. The molecule has 0 N–H and O–H groups in total. The van der Waals surface area contributed by atoms with Gasteiger partial charge in [-0.05, 0) is 30.5 Å². The zero-order valence-electron chi connectivity index (χ0n) is 13.0. The predicted molar refractivity (Wildman–Crippen MR) is 88.6 cm³/mol. The number of allylic oxidation sites excluding steroid dienone is 1. The number of rotatable bonds is 2. The second-order valence-corrected chi connectivity index (χ2v) is 5.90. The van der Waals surface area contributed by atoms with E-state index in [-0.39, 0.29) is 11.8 Å². The van der Waals surface area contributed by atoms with E-state index in [9.17, 15) is 9.59 Å². The summed E-state index contributed by atoms with van der Waals surface area (Å²) in [5.41, 5.74) is 1.72. The van der Waals surface area contributed by atoms with E-state index in [0.29, 0.717) is 31.2 Å². The summed E-state index contributed by atoms with van der Waals surface area (Å²) >= 11 is 6.16. The Morgan fingerprint density at radius 1 is 1.05 bits per heavy atom. The van der Waals surface area contributed by atoms with Crippen LogP contribution in [-0.2, 0) is 9.59 Å². The van der Waals surface area contributed by atoms with Crippen LogP contribution in [0.15, 0.2) is 30.3 Å². The average molecular weight is 321 g/mol. The second-order valence-electron chi connectivity index (χ2n) is 5.49. The molecule has 2 rings (SSSR count). The molecular formula is C17H21ClN2O2. The molecule has 1 aliphatic heterocycles. The Morgan fingerprint density at radius 2 is 1.68 bits per heavy atom. The van der Waals surface area contributed by atoms with Gasteiger partial charge in [0.1, 0.15) is 0 Å². The van der Waals surface area contributed by atoms with Crippen LogP contribution in [0.25, 0.3) is 5.57 Å². The minimum atomic E-state index is -0.0252. The van der Waals surface area contributed by atoms with E-state index in [1.165, 1.54) is 0 Å². The molecule has 1 aromatic carbocycles. The van der Waals surface area contributed by atoms with Gasteiger partial charge in [-0.1, -0.05) is 29.8 Å². The summed E-state index contributed by atoms with van der Waals surface area (Å²) in [6.07, 6.45) is 2.44. The van der Waals surface area contributed by atoms with Crippen LogP contribution < -0.4 is 0 Å². The van der Waals surface area contributed by atoms with Crippen molar-refractivity contribution in [1.29, 1.82) is 0 Å². The lowest BCUT2D eigenvalue weighted by Crippen LogP contribution is -2.35. The maximum absolute atomic E-state index is 12.4. The molecule has 0 bridgehead atoms. The van der Waals surface area contributed by atoms with Crippen molar-refractivity contribution in [2.75, 3.05) is 26.2 Å². The molecule has 1 heterocycles. The quantitative estimate of drug-likeness (QED) is 0.786. The van der Waals surface area contributed by atoms with Crippen LogP contribution in [0, 0.1) is 0 Å². The fourth-order valence-corrected chi connectivity index (χ4v) is 2.87. The molecule has 0 saturated carbocycles. The summed E-state index contributed by atoms with van der Waals surface area (Å²) in [4.78, 5) is 27.4. The van der Waals surface area contributed by atoms with Crippen molar-refractivity contribution in [3.63, 3.8) is 0 Å². The van der Waals surface area contributed by atoms with Crippen LogP contribution in [0.4, 0.5) is 0 Å². The van der Waals surface area contributed by atoms with Gasteiger partial charge in [-0.15, -0.1) is 0 Å². The minimum Gasteiger partial charge on any atom is -0.341 e. The highest BCUT2D eigenvalue weighted by Gasteiger charge is 2.19. The second kappa shape index (κ2) is 7.45. The van der Waals surface area contributed by atoms with Gasteiger partial charge < -0.3 is 9.80 Å². The maximum Gasteiger partial charge on any atom is 0.246 e. The molecule has 0 radical (unpaired) electrons. The molecule has 0 spiro atoms. The highest BCUT2D eigenvalue weighted by Crippen LogP contribution is 2.23. The molecule has 0 aliphatic carbocycles. The average Bonchev–Trinajstić information content (AvgIpc) is 2.73. The molecule has 0 atom stereocenters. The third-order valence-electron chi connectivity index (χ3n) is 3.89. The molecule has 0 unspecified atom stereocenters. The summed E-state index contributed by atoms with van der Waals surface area (Å²) < 4.78 is 0. The first-order valence-corrected chi connectivity index (χ1v) is 7.84. The van der Waals surface area contributed by atoms with Crippen LogP contribution in [0.2, 0.25) is 5.02 Å². The first-order valence-electron chi connectivity index (χ1n) is 7.46. The lowest BCUT2D eigenvalue weighted by Gasteiger charge is -2.20. The molecule has 1 fully saturated rings. The molecule has 1 saturated heterocycles. The molecule has 1 aromatic rings. The molecule has 4 nitrogen and oxygen atoms in total. The number of carbonyl (C=O) groups is 2. The number of carbonyl (C=O) groups excluding carboxylic acids is 2. The Bertz CT molecular complexity index is 598. The van der Waals surface area contributed by atoms with Gasteiger partial charge in [0.15, 0.2) is 0 Å². The Morgan fingerprint density at radius 3 is 2.36 bits per heavy atom. The summed E-state index contributed by atoms with van der Waals surface area (Å²) in [6, 6.07) is 7.49. The number of amides is 2. The van der Waals surface area contributed by atoms with Gasteiger partial charge >= 0.3 is 0 Å². The standard InChI is InChI=1S/C17H21ClN2O2/c1-13(15-6-3-4-7-16(15)18)12-17(22)20-9-5-8-19(10-11-20)14(2)21/h3-4,6-7,12H,5,8-11H2,1-2H3. The number of halogens is 1. The van der Waals surface area contributed by atoms with E-state index in [1.807, 2.05) is 31.2 Å². The van der Waals surface area contributed by atoms with Crippen LogP contribution in [0.5, 0.6) is 0 Å². The van der Waals surface area contributed by atoms with Crippen LogP contribution >= 0.6 is 11.6 Å². The number of nitrogens with zero attached hydrogens (tertiary/aromatic N) is 2. The predicted octanol–water partition coefficient (Wildman–Crippen LogP) is 2.82. The van der Waals surface area contributed by atoms with Crippen molar-refractivity contribution in [2.24, 2.45) is 0 Å². The molecule has 1 aliphatic rings. The summed E-state index contributed by atoms with van der Waals surface area (Å²) in [6.45, 7) is 6.02. The Balaban J connectivity index is 2.07. The van der Waals surface area contributed by atoms with E-state index in [0.717, 1.165) is 17.6 Å². The normalized spacial score (nSPS) is 16.4. The topological polar surface area (TPSA) is 40.6 Å². The van der Waals surface area contributed by atoms with E-state index in [2.05, 4.69) is 0 Å². The van der Waals surface area contributed by atoms with Crippen molar-refractivity contribution in [3.8, 4) is 0 Å². The number of hydrogen-bond acceptors (Lipinski definition) is 2. The van der Waals surface area contributed by atoms with Crippen molar-refractivity contribution in [3.05, 3.63) is 40.9 Å². The van der Waals surface area contributed by atoms with Crippen LogP contribution in [-0.4, -0.2) is 47.8 Å². The molecular weight excluding hydrogens is 300 g/mol. The molecule has 118 valence electrons. The van der Waals surface area contributed by atoms with Gasteiger partial charge in [0.25, 0.3) is 0 Å². The van der Waals surface area contributed by atoms with Crippen LogP contribution in [0.3, 0.4) is 0 Å². The van der Waals surface area contributed by atoms with Crippen molar-refractivity contribution in [2.45, 2.75) is 20.3 Å². The Labute approximate surface area is 136 Å². The zero-order valence-corrected chi connectivity index (χ0v) is 13.8. The highest BCUT2D eigenvalue weighted by molar-refractivity contribution is 6.32. The minimum absolute atomic E-state index is 0.0252. The first kappa shape index (κ1) is 16.6. The van der Waals surface area contributed by atoms with E-state index in [1.54, 1.807) is 22.8 Å². The van der Waals surface area contributed by atoms with E-state index >= 15 is 0 Å². The van der Waals surface area contributed by atoms with Crippen molar-refractivity contribution >= 4 is 29.0 Å². The molecule has 2 amide bonds. The van der Waals surface area contributed by atoms with Gasteiger partial charge in [0.2, 0.25) is 11.8 Å². The van der Waals surface area contributed by atoms with Gasteiger partial charge in [-0.3, -0.25) is 9.59 Å². The first-order chi connectivity index (χ1) is 10.5. The van der Waals surface area contributed by atoms with Gasteiger partial charge in [-0.25, -0.2) is 0 Å². The van der Waals surface area contributed by atoms with Gasteiger partial charge in [0.05, 0.1) is 0 Å². The monoisotopic (exact) mass is 320 g/mol. The van der Waals surface area contributed by atoms with Gasteiger partial charge in [-0.2, -0.15) is 0 Å². The number of benzene rings is 1. The van der Waals surface area contributed by atoms with E-state index < -0.39 is 0 Å². The molecule has 22 heavy (non-hydrogen) atoms. The lowest BCUT2D eigenvalue weighted by atomic mass is 10.1. The highest BCUT2D eigenvalue weighted by atomic mass is 35.5. The smallest absolute Gasteiger partial charge is 0.246 e. The summed E-state index contributed by atoms with van der Waals surface area (Å²) in [5.74, 6) is 0.0416. The largest absolute Gasteiger partial charge is 0.341 e. The van der Waals surface area contributed by atoms with Gasteiger partial charge in [0, 0.05) is 44.2 Å².